The van der Waals surface area contributed by atoms with Crippen molar-refractivity contribution < 1.29 is 4.74 Å². The van der Waals surface area contributed by atoms with Crippen molar-refractivity contribution in [2.24, 2.45) is 0 Å². The number of anilines is 1. The second-order valence-electron chi connectivity index (χ2n) is 4.08. The van der Waals surface area contributed by atoms with Crippen LogP contribution in [0.5, 0.6) is 5.88 Å². The molecule has 0 aliphatic heterocycles. The van der Waals surface area contributed by atoms with Crippen molar-refractivity contribution in [3.05, 3.63) is 24.0 Å². The van der Waals surface area contributed by atoms with Crippen molar-refractivity contribution in [2.45, 2.75) is 40.0 Å². The van der Waals surface area contributed by atoms with Gasteiger partial charge in [0.1, 0.15) is 11.6 Å². The third kappa shape index (κ3) is 4.02. The molecule has 0 saturated heterocycles. The molecule has 0 atom stereocenters. The summed E-state index contributed by atoms with van der Waals surface area (Å²) in [7, 11) is 0. The maximum atomic E-state index is 5.73. The minimum atomic E-state index is 0.665. The van der Waals surface area contributed by atoms with Crippen LogP contribution in [0, 0.1) is 6.92 Å². The molecule has 1 rings (SSSR count). The molecule has 0 unspecified atom stereocenters. The lowest BCUT2D eigenvalue weighted by Gasteiger charge is -2.13. The first-order valence-electron chi connectivity index (χ1n) is 6.58. The van der Waals surface area contributed by atoms with Crippen LogP contribution in [0.4, 0.5) is 5.82 Å². The minimum Gasteiger partial charge on any atom is -0.477 e. The van der Waals surface area contributed by atoms with Crippen molar-refractivity contribution in [3.63, 3.8) is 0 Å². The maximum Gasteiger partial charge on any atom is 0.221 e. The number of hydrogen-bond donors (Lipinski definition) is 1. The molecule has 100 valence electrons. The number of allylic oxidation sites excluding steroid dienone is 1. The number of rotatable bonds is 8. The molecule has 18 heavy (non-hydrogen) atoms. The number of aryl methyl sites for hydroxylation is 1. The van der Waals surface area contributed by atoms with E-state index in [1.165, 1.54) is 0 Å². The molecule has 4 nitrogen and oxygen atoms in total. The molecule has 0 saturated carbocycles. The minimum absolute atomic E-state index is 0.665. The molecular weight excluding hydrogens is 226 g/mol. The molecule has 0 spiro atoms. The lowest BCUT2D eigenvalue weighted by atomic mass is 10.3. The normalized spacial score (nSPS) is 10.2. The molecule has 4 heteroatoms. The fourth-order valence-corrected chi connectivity index (χ4v) is 1.57. The lowest BCUT2D eigenvalue weighted by molar-refractivity contribution is 0.296. The number of hydrogen-bond acceptors (Lipinski definition) is 4. The summed E-state index contributed by atoms with van der Waals surface area (Å²) in [4.78, 5) is 8.90. The highest BCUT2D eigenvalue weighted by Crippen LogP contribution is 2.22. The van der Waals surface area contributed by atoms with Gasteiger partial charge in [-0.25, -0.2) is 4.98 Å². The summed E-state index contributed by atoms with van der Waals surface area (Å²) in [6, 6.07) is 0. The first-order valence-corrected chi connectivity index (χ1v) is 6.58. The Hall–Kier alpha value is -1.58. The van der Waals surface area contributed by atoms with Gasteiger partial charge < -0.3 is 10.1 Å². The zero-order valence-corrected chi connectivity index (χ0v) is 11.6. The summed E-state index contributed by atoms with van der Waals surface area (Å²) >= 11 is 0. The van der Waals surface area contributed by atoms with E-state index in [0.717, 1.165) is 43.0 Å². The van der Waals surface area contributed by atoms with Gasteiger partial charge in [-0.15, -0.1) is 6.58 Å². The first kappa shape index (κ1) is 14.5. The van der Waals surface area contributed by atoms with Gasteiger partial charge in [0.15, 0.2) is 0 Å². The van der Waals surface area contributed by atoms with Gasteiger partial charge in [-0.2, -0.15) is 4.98 Å². The summed E-state index contributed by atoms with van der Waals surface area (Å²) < 4.78 is 5.73. The maximum absolute atomic E-state index is 5.73. The Morgan fingerprint density at radius 2 is 2.11 bits per heavy atom. The number of ether oxygens (including phenoxy) is 1. The van der Waals surface area contributed by atoms with Crippen LogP contribution in [0.2, 0.25) is 0 Å². The third-order valence-corrected chi connectivity index (χ3v) is 2.60. The first-order chi connectivity index (χ1) is 8.72. The zero-order chi connectivity index (χ0) is 13.4. The molecule has 0 aliphatic carbocycles. The fraction of sp³-hybridized carbons (Fsp3) is 0.571. The molecule has 0 fully saturated rings. The van der Waals surface area contributed by atoms with Crippen LogP contribution >= 0.6 is 0 Å². The Balaban J connectivity index is 2.80. The van der Waals surface area contributed by atoms with Crippen LogP contribution in [-0.4, -0.2) is 23.1 Å². The van der Waals surface area contributed by atoms with Gasteiger partial charge in [0, 0.05) is 13.0 Å². The van der Waals surface area contributed by atoms with E-state index in [9.17, 15) is 0 Å². The summed E-state index contributed by atoms with van der Waals surface area (Å²) in [5.41, 5.74) is 0.979. The van der Waals surface area contributed by atoms with Crippen LogP contribution in [0.25, 0.3) is 0 Å². The predicted octanol–water partition coefficient (Wildman–Crippen LogP) is 3.12. The van der Waals surface area contributed by atoms with E-state index in [1.54, 1.807) is 0 Å². The highest BCUT2D eigenvalue weighted by molar-refractivity contribution is 5.48. The highest BCUT2D eigenvalue weighted by atomic mass is 16.5. The van der Waals surface area contributed by atoms with Gasteiger partial charge in [0.2, 0.25) is 5.88 Å². The van der Waals surface area contributed by atoms with Crippen LogP contribution in [0.3, 0.4) is 0 Å². The van der Waals surface area contributed by atoms with E-state index in [0.29, 0.717) is 12.5 Å². The Bertz CT molecular complexity index is 391. The van der Waals surface area contributed by atoms with Gasteiger partial charge >= 0.3 is 0 Å². The van der Waals surface area contributed by atoms with Crippen LogP contribution < -0.4 is 10.1 Å². The van der Waals surface area contributed by atoms with E-state index < -0.39 is 0 Å². The topological polar surface area (TPSA) is 47.0 Å². The molecule has 1 N–H and O–H groups in total. The summed E-state index contributed by atoms with van der Waals surface area (Å²) in [5, 5.41) is 3.25. The summed E-state index contributed by atoms with van der Waals surface area (Å²) in [5.74, 6) is 2.39. The van der Waals surface area contributed by atoms with Crippen molar-refractivity contribution in [1.29, 1.82) is 0 Å². The molecule has 0 aliphatic rings. The standard InChI is InChI=1S/C14H23N3O/c1-5-8-9-10-18-14-11(4)13(15-7-3)16-12(6-2)17-14/h5H,1,6-10H2,2-4H3,(H,15,16,17). The van der Waals surface area contributed by atoms with Crippen molar-refractivity contribution >= 4 is 5.82 Å². The number of nitrogens with zero attached hydrogens (tertiary/aromatic N) is 2. The van der Waals surface area contributed by atoms with Gasteiger partial charge in [-0.05, 0) is 26.7 Å². The molecule has 0 bridgehead atoms. The predicted molar refractivity (Wildman–Crippen MR) is 75.2 cm³/mol. The van der Waals surface area contributed by atoms with E-state index in [4.69, 9.17) is 4.74 Å². The van der Waals surface area contributed by atoms with E-state index in [1.807, 2.05) is 19.9 Å². The Morgan fingerprint density at radius 1 is 1.33 bits per heavy atom. The molecule has 1 aromatic heterocycles. The van der Waals surface area contributed by atoms with Crippen LogP contribution in [0.15, 0.2) is 12.7 Å². The van der Waals surface area contributed by atoms with Crippen molar-refractivity contribution in [2.75, 3.05) is 18.5 Å². The summed E-state index contributed by atoms with van der Waals surface area (Å²) in [6.45, 7) is 11.3. The van der Waals surface area contributed by atoms with Gasteiger partial charge in [-0.3, -0.25) is 0 Å². The van der Waals surface area contributed by atoms with Crippen molar-refractivity contribution in [3.8, 4) is 5.88 Å². The monoisotopic (exact) mass is 249 g/mol. The average Bonchev–Trinajstić information content (AvgIpc) is 2.38. The SMILES string of the molecule is C=CCCCOc1nc(CC)nc(NCC)c1C. The number of nitrogens with one attached hydrogen (secondary N) is 1. The second-order valence-corrected chi connectivity index (χ2v) is 4.08. The van der Waals surface area contributed by atoms with E-state index >= 15 is 0 Å². The molecule has 0 radical (unpaired) electrons. The van der Waals surface area contributed by atoms with Crippen molar-refractivity contribution in [1.82, 2.24) is 9.97 Å². The zero-order valence-electron chi connectivity index (χ0n) is 11.6. The van der Waals surface area contributed by atoms with Gasteiger partial charge in [0.25, 0.3) is 0 Å². The van der Waals surface area contributed by atoms with Gasteiger partial charge in [0.05, 0.1) is 12.2 Å². The third-order valence-electron chi connectivity index (χ3n) is 2.60. The molecule has 1 aromatic rings. The lowest BCUT2D eigenvalue weighted by Crippen LogP contribution is -2.09. The average molecular weight is 249 g/mol. The van der Waals surface area contributed by atoms with E-state index in [-0.39, 0.29) is 0 Å². The summed E-state index contributed by atoms with van der Waals surface area (Å²) in [6.07, 6.45) is 4.63. The molecule has 0 aromatic carbocycles. The largest absolute Gasteiger partial charge is 0.477 e. The van der Waals surface area contributed by atoms with Gasteiger partial charge in [-0.1, -0.05) is 13.0 Å². The Kier molecular flexibility index (Phi) is 6.19. The molecular formula is C14H23N3O. The number of aromatic nitrogens is 2. The van der Waals surface area contributed by atoms with E-state index in [2.05, 4.69) is 28.8 Å². The number of unbranched alkanes of at least 4 members (excludes halogenated alkanes) is 1. The molecule has 1 heterocycles. The fourth-order valence-electron chi connectivity index (χ4n) is 1.57. The Morgan fingerprint density at radius 3 is 2.72 bits per heavy atom. The highest BCUT2D eigenvalue weighted by Gasteiger charge is 2.10. The van der Waals surface area contributed by atoms with Crippen LogP contribution in [-0.2, 0) is 6.42 Å². The van der Waals surface area contributed by atoms with Crippen LogP contribution in [0.1, 0.15) is 38.1 Å². The smallest absolute Gasteiger partial charge is 0.221 e. The second kappa shape index (κ2) is 7.69. The quantitative estimate of drug-likeness (QED) is 0.568. The Labute approximate surface area is 109 Å². The molecule has 0 amide bonds.